The van der Waals surface area contributed by atoms with Crippen molar-refractivity contribution in [2.75, 3.05) is 33.4 Å². The number of rotatable bonds is 9. The smallest absolute Gasteiger partial charge is 0.355 e. The van der Waals surface area contributed by atoms with Gasteiger partial charge in [0.1, 0.15) is 11.6 Å². The minimum Gasteiger partial charge on any atom is -0.493 e. The van der Waals surface area contributed by atoms with Gasteiger partial charge in [0.15, 0.2) is 17.2 Å². The van der Waals surface area contributed by atoms with Crippen molar-refractivity contribution < 1.29 is 19.4 Å². The van der Waals surface area contributed by atoms with Crippen molar-refractivity contribution in [2.24, 2.45) is 0 Å². The van der Waals surface area contributed by atoms with Gasteiger partial charge in [0.2, 0.25) is 0 Å². The number of aromatic carboxylic acids is 1. The van der Waals surface area contributed by atoms with Gasteiger partial charge in [-0.05, 0) is 25.2 Å². The summed E-state index contributed by atoms with van der Waals surface area (Å²) in [4.78, 5) is 17.3. The standard InChI is InChI=1S/C17H21ClN2O4S/c1-4-20(5-2)6-7-24-15-12(18)8-11(9-14(15)23-3)16-19-13(10-25-16)17(21)22/h8-10H,4-7H2,1-3H3,(H,21,22). The van der Waals surface area contributed by atoms with Gasteiger partial charge in [-0.1, -0.05) is 25.4 Å². The number of ether oxygens (including phenoxy) is 2. The van der Waals surface area contributed by atoms with Crippen LogP contribution in [-0.4, -0.2) is 54.3 Å². The van der Waals surface area contributed by atoms with E-state index in [1.807, 2.05) is 0 Å². The van der Waals surface area contributed by atoms with Crippen LogP contribution in [0.25, 0.3) is 10.6 Å². The first-order valence-corrected chi connectivity index (χ1v) is 9.17. The summed E-state index contributed by atoms with van der Waals surface area (Å²) in [5.74, 6) is -0.0823. The van der Waals surface area contributed by atoms with Gasteiger partial charge in [0.05, 0.1) is 12.1 Å². The topological polar surface area (TPSA) is 71.9 Å². The zero-order valence-electron chi connectivity index (χ0n) is 14.4. The summed E-state index contributed by atoms with van der Waals surface area (Å²) in [6, 6.07) is 3.46. The van der Waals surface area contributed by atoms with E-state index in [4.69, 9.17) is 26.2 Å². The Bertz CT molecular complexity index is 731. The van der Waals surface area contributed by atoms with Gasteiger partial charge in [-0.15, -0.1) is 11.3 Å². The fourth-order valence-electron chi connectivity index (χ4n) is 2.30. The van der Waals surface area contributed by atoms with Crippen LogP contribution in [-0.2, 0) is 0 Å². The quantitative estimate of drug-likeness (QED) is 0.707. The van der Waals surface area contributed by atoms with Crippen molar-refractivity contribution in [1.29, 1.82) is 0 Å². The SMILES string of the molecule is CCN(CC)CCOc1c(Cl)cc(-c2nc(C(=O)O)cs2)cc1OC. The predicted molar refractivity (Wildman–Crippen MR) is 99.4 cm³/mol. The zero-order valence-corrected chi connectivity index (χ0v) is 16.0. The van der Waals surface area contributed by atoms with E-state index < -0.39 is 5.97 Å². The molecule has 25 heavy (non-hydrogen) atoms. The van der Waals surface area contributed by atoms with E-state index >= 15 is 0 Å². The molecule has 1 aromatic heterocycles. The molecule has 0 aliphatic carbocycles. The van der Waals surface area contributed by atoms with Gasteiger partial charge in [-0.2, -0.15) is 0 Å². The lowest BCUT2D eigenvalue weighted by Crippen LogP contribution is -2.28. The molecule has 2 rings (SSSR count). The third-order valence-corrected chi connectivity index (χ3v) is 4.92. The second-order valence-electron chi connectivity index (χ2n) is 5.21. The summed E-state index contributed by atoms with van der Waals surface area (Å²) >= 11 is 7.60. The number of hydrogen-bond donors (Lipinski definition) is 1. The van der Waals surface area contributed by atoms with Crippen LogP contribution in [0.1, 0.15) is 24.3 Å². The van der Waals surface area contributed by atoms with E-state index in [0.717, 1.165) is 19.6 Å². The summed E-state index contributed by atoms with van der Waals surface area (Å²) in [6.45, 7) is 7.41. The van der Waals surface area contributed by atoms with Gasteiger partial charge in [0, 0.05) is 17.5 Å². The van der Waals surface area contributed by atoms with E-state index in [2.05, 4.69) is 23.7 Å². The number of hydrogen-bond acceptors (Lipinski definition) is 6. The van der Waals surface area contributed by atoms with E-state index in [1.54, 1.807) is 12.1 Å². The molecule has 1 heterocycles. The molecular formula is C17H21ClN2O4S. The van der Waals surface area contributed by atoms with Crippen molar-refractivity contribution in [1.82, 2.24) is 9.88 Å². The second kappa shape index (κ2) is 9.03. The first-order chi connectivity index (χ1) is 12.0. The van der Waals surface area contributed by atoms with Crippen molar-refractivity contribution in [2.45, 2.75) is 13.8 Å². The van der Waals surface area contributed by atoms with Gasteiger partial charge in [-0.3, -0.25) is 0 Å². The van der Waals surface area contributed by atoms with Crippen LogP contribution in [0.15, 0.2) is 17.5 Å². The molecule has 0 saturated carbocycles. The predicted octanol–water partition coefficient (Wildman–Crippen LogP) is 3.89. The van der Waals surface area contributed by atoms with Crippen LogP contribution in [0, 0.1) is 0 Å². The summed E-state index contributed by atoms with van der Waals surface area (Å²) in [5.41, 5.74) is 0.699. The molecule has 136 valence electrons. The van der Waals surface area contributed by atoms with Crippen molar-refractivity contribution >= 4 is 28.9 Å². The third kappa shape index (κ3) is 4.84. The molecule has 0 unspecified atom stereocenters. The van der Waals surface area contributed by atoms with Crippen LogP contribution in [0.4, 0.5) is 0 Å². The number of thiazole rings is 1. The highest BCUT2D eigenvalue weighted by Crippen LogP contribution is 2.40. The Morgan fingerprint density at radius 2 is 2.08 bits per heavy atom. The molecule has 0 atom stereocenters. The highest BCUT2D eigenvalue weighted by molar-refractivity contribution is 7.13. The highest BCUT2D eigenvalue weighted by Gasteiger charge is 2.16. The molecule has 8 heteroatoms. The molecule has 1 aromatic carbocycles. The maximum absolute atomic E-state index is 11.0. The fraction of sp³-hybridized carbons (Fsp3) is 0.412. The molecule has 0 fully saturated rings. The summed E-state index contributed by atoms with van der Waals surface area (Å²) in [5, 5.41) is 11.5. The lowest BCUT2D eigenvalue weighted by Gasteiger charge is -2.19. The molecule has 2 aromatic rings. The van der Waals surface area contributed by atoms with E-state index in [0.29, 0.717) is 33.7 Å². The fourth-order valence-corrected chi connectivity index (χ4v) is 3.35. The number of aromatic nitrogens is 1. The molecule has 0 spiro atoms. The lowest BCUT2D eigenvalue weighted by atomic mass is 10.2. The number of carbonyl (C=O) groups is 1. The molecule has 0 radical (unpaired) electrons. The monoisotopic (exact) mass is 384 g/mol. The van der Waals surface area contributed by atoms with E-state index in [-0.39, 0.29) is 5.69 Å². The molecule has 0 aliphatic rings. The molecular weight excluding hydrogens is 364 g/mol. The Kier molecular flexibility index (Phi) is 7.04. The third-order valence-electron chi connectivity index (χ3n) is 3.75. The summed E-state index contributed by atoms with van der Waals surface area (Å²) < 4.78 is 11.2. The Morgan fingerprint density at radius 3 is 2.64 bits per heavy atom. The van der Waals surface area contributed by atoms with E-state index in [1.165, 1.54) is 23.8 Å². The number of nitrogens with zero attached hydrogens (tertiary/aromatic N) is 2. The largest absolute Gasteiger partial charge is 0.493 e. The van der Waals surface area contributed by atoms with Gasteiger partial charge >= 0.3 is 5.97 Å². The second-order valence-corrected chi connectivity index (χ2v) is 6.47. The first kappa shape index (κ1) is 19.5. The Labute approximate surface area is 156 Å². The molecule has 6 nitrogen and oxygen atoms in total. The highest BCUT2D eigenvalue weighted by atomic mass is 35.5. The lowest BCUT2D eigenvalue weighted by molar-refractivity contribution is 0.0691. The maximum atomic E-state index is 11.0. The Balaban J connectivity index is 2.20. The van der Waals surface area contributed by atoms with Crippen LogP contribution < -0.4 is 9.47 Å². The molecule has 1 N–H and O–H groups in total. The number of carboxylic acid groups (broad SMARTS) is 1. The van der Waals surface area contributed by atoms with Crippen LogP contribution in [0.2, 0.25) is 5.02 Å². The minimum atomic E-state index is -1.06. The molecule has 0 aliphatic heterocycles. The number of benzene rings is 1. The van der Waals surface area contributed by atoms with Crippen LogP contribution in [0.3, 0.4) is 0 Å². The van der Waals surface area contributed by atoms with Crippen molar-refractivity contribution in [3.63, 3.8) is 0 Å². The summed E-state index contributed by atoms with van der Waals surface area (Å²) in [7, 11) is 1.54. The molecule has 0 saturated heterocycles. The molecule has 0 bridgehead atoms. The normalized spacial score (nSPS) is 10.9. The van der Waals surface area contributed by atoms with Crippen LogP contribution in [0.5, 0.6) is 11.5 Å². The number of likely N-dealkylation sites (N-methyl/N-ethyl adjacent to an activating group) is 1. The Hall–Kier alpha value is -1.83. The van der Waals surface area contributed by atoms with Crippen molar-refractivity contribution in [3.8, 4) is 22.1 Å². The van der Waals surface area contributed by atoms with Gasteiger partial charge in [-0.25, -0.2) is 9.78 Å². The number of carboxylic acids is 1. The summed E-state index contributed by atoms with van der Waals surface area (Å²) in [6.07, 6.45) is 0. The number of halogens is 1. The maximum Gasteiger partial charge on any atom is 0.355 e. The zero-order chi connectivity index (χ0) is 18.4. The van der Waals surface area contributed by atoms with E-state index in [9.17, 15) is 4.79 Å². The first-order valence-electron chi connectivity index (χ1n) is 7.92. The van der Waals surface area contributed by atoms with Crippen LogP contribution >= 0.6 is 22.9 Å². The Morgan fingerprint density at radius 1 is 1.36 bits per heavy atom. The van der Waals surface area contributed by atoms with Gasteiger partial charge in [0.25, 0.3) is 0 Å². The minimum absolute atomic E-state index is 0.00892. The average Bonchev–Trinajstić information content (AvgIpc) is 3.10. The average molecular weight is 385 g/mol. The van der Waals surface area contributed by atoms with Gasteiger partial charge < -0.3 is 19.5 Å². The molecule has 0 amide bonds. The van der Waals surface area contributed by atoms with Crippen molar-refractivity contribution in [3.05, 3.63) is 28.2 Å². The number of methoxy groups -OCH3 is 1.